The zero-order chi connectivity index (χ0) is 14.3. The summed E-state index contributed by atoms with van der Waals surface area (Å²) in [5, 5.41) is 0. The molecule has 1 aromatic rings. The smallest absolute Gasteiger partial charge is 0.338 e. The average molecular weight is 263 g/mol. The van der Waals surface area contributed by atoms with Gasteiger partial charge in [0.25, 0.3) is 0 Å². The molecular weight excluding hydrogens is 242 g/mol. The number of carbonyl (C=O) groups excluding carboxylic acids is 2. The van der Waals surface area contributed by atoms with Crippen molar-refractivity contribution < 1.29 is 14.3 Å². The van der Waals surface area contributed by atoms with Crippen LogP contribution in [0.25, 0.3) is 0 Å². The van der Waals surface area contributed by atoms with Gasteiger partial charge in [0.05, 0.1) is 12.2 Å². The maximum atomic E-state index is 11.6. The molecule has 0 spiro atoms. The highest BCUT2D eigenvalue weighted by atomic mass is 16.5. The summed E-state index contributed by atoms with van der Waals surface area (Å²) in [5.74, 6) is -0.171. The van der Waals surface area contributed by atoms with Gasteiger partial charge in [-0.05, 0) is 37.5 Å². The number of nitrogens with zero attached hydrogens (tertiary/aromatic N) is 1. The van der Waals surface area contributed by atoms with Crippen LogP contribution in [0.3, 0.4) is 0 Å². The Balaban J connectivity index is 2.53. The summed E-state index contributed by atoms with van der Waals surface area (Å²) in [6, 6.07) is 7.38. The van der Waals surface area contributed by atoms with Crippen LogP contribution in [0.1, 0.15) is 35.7 Å². The first-order valence-electron chi connectivity index (χ1n) is 6.50. The zero-order valence-electron chi connectivity index (χ0n) is 11.8. The topological polar surface area (TPSA) is 46.6 Å². The molecule has 4 heteroatoms. The predicted molar refractivity (Wildman–Crippen MR) is 74.0 cm³/mol. The van der Waals surface area contributed by atoms with Gasteiger partial charge in [-0.15, -0.1) is 0 Å². The molecule has 0 N–H and O–H groups in total. The van der Waals surface area contributed by atoms with Crippen molar-refractivity contribution in [3.8, 4) is 0 Å². The van der Waals surface area contributed by atoms with Crippen molar-refractivity contribution in [2.24, 2.45) is 0 Å². The van der Waals surface area contributed by atoms with E-state index in [9.17, 15) is 9.59 Å². The largest absolute Gasteiger partial charge is 0.462 e. The van der Waals surface area contributed by atoms with E-state index in [1.165, 1.54) is 0 Å². The number of aryl methyl sites for hydroxylation is 1. The van der Waals surface area contributed by atoms with Crippen LogP contribution in [0.4, 0.5) is 0 Å². The highest BCUT2D eigenvalue weighted by Crippen LogP contribution is 2.10. The van der Waals surface area contributed by atoms with Gasteiger partial charge < -0.3 is 9.64 Å². The Hall–Kier alpha value is -1.84. The Morgan fingerprint density at radius 2 is 2.00 bits per heavy atom. The molecule has 0 unspecified atom stereocenters. The number of amides is 1. The molecule has 0 fully saturated rings. The number of ether oxygens (including phenoxy) is 1. The Labute approximate surface area is 114 Å². The minimum atomic E-state index is -0.297. The molecule has 1 amide bonds. The lowest BCUT2D eigenvalue weighted by Crippen LogP contribution is -2.21. The lowest BCUT2D eigenvalue weighted by molar-refractivity contribution is -0.128. The average Bonchev–Trinajstić information content (AvgIpc) is 2.39. The Morgan fingerprint density at radius 3 is 2.63 bits per heavy atom. The van der Waals surface area contributed by atoms with Crippen LogP contribution >= 0.6 is 0 Å². The maximum Gasteiger partial charge on any atom is 0.338 e. The number of esters is 1. The first-order valence-corrected chi connectivity index (χ1v) is 6.50. The van der Waals surface area contributed by atoms with Crippen molar-refractivity contribution in [2.45, 2.75) is 26.2 Å². The van der Waals surface area contributed by atoms with Crippen molar-refractivity contribution in [1.82, 2.24) is 4.90 Å². The molecule has 0 aliphatic rings. The lowest BCUT2D eigenvalue weighted by Gasteiger charge is -2.10. The Morgan fingerprint density at radius 1 is 1.26 bits per heavy atom. The van der Waals surface area contributed by atoms with Gasteiger partial charge in [0, 0.05) is 20.5 Å². The lowest BCUT2D eigenvalue weighted by atomic mass is 10.0. The fourth-order valence-corrected chi connectivity index (χ4v) is 1.74. The fourth-order valence-electron chi connectivity index (χ4n) is 1.74. The highest BCUT2D eigenvalue weighted by molar-refractivity contribution is 5.89. The van der Waals surface area contributed by atoms with Gasteiger partial charge in [-0.25, -0.2) is 4.79 Å². The molecule has 0 aliphatic carbocycles. The fraction of sp³-hybridized carbons (Fsp3) is 0.467. The standard InChI is InChI=1S/C15H21NO3/c1-4-19-15(18)13-9-5-7-12(11-13)8-6-10-14(17)16(2)3/h5,7,9,11H,4,6,8,10H2,1-3H3. The predicted octanol–water partition coefficient (Wildman–Crippen LogP) is 2.27. The van der Waals surface area contributed by atoms with E-state index >= 15 is 0 Å². The van der Waals surface area contributed by atoms with E-state index in [4.69, 9.17) is 4.74 Å². The molecule has 19 heavy (non-hydrogen) atoms. The van der Waals surface area contributed by atoms with E-state index in [-0.39, 0.29) is 11.9 Å². The van der Waals surface area contributed by atoms with Crippen LogP contribution in [0, 0.1) is 0 Å². The van der Waals surface area contributed by atoms with E-state index in [2.05, 4.69) is 0 Å². The van der Waals surface area contributed by atoms with Crippen LogP contribution in [0.5, 0.6) is 0 Å². The van der Waals surface area contributed by atoms with Crippen LogP contribution in [0.15, 0.2) is 24.3 Å². The molecule has 0 saturated carbocycles. The number of rotatable bonds is 6. The molecule has 1 aromatic carbocycles. The quantitative estimate of drug-likeness (QED) is 0.740. The van der Waals surface area contributed by atoms with E-state index < -0.39 is 0 Å². The first kappa shape index (κ1) is 15.2. The molecule has 0 bridgehead atoms. The molecule has 104 valence electrons. The van der Waals surface area contributed by atoms with Crippen molar-refractivity contribution >= 4 is 11.9 Å². The van der Waals surface area contributed by atoms with Crippen molar-refractivity contribution in [2.75, 3.05) is 20.7 Å². The summed E-state index contributed by atoms with van der Waals surface area (Å²) < 4.78 is 4.96. The van der Waals surface area contributed by atoms with E-state index in [1.807, 2.05) is 18.2 Å². The van der Waals surface area contributed by atoms with Crippen molar-refractivity contribution in [3.63, 3.8) is 0 Å². The number of hydrogen-bond acceptors (Lipinski definition) is 3. The summed E-state index contributed by atoms with van der Waals surface area (Å²) in [5.41, 5.74) is 1.62. The molecule has 0 aromatic heterocycles. The van der Waals surface area contributed by atoms with E-state index in [1.54, 1.807) is 32.0 Å². The van der Waals surface area contributed by atoms with Crippen molar-refractivity contribution in [3.05, 3.63) is 35.4 Å². The number of hydrogen-bond donors (Lipinski definition) is 0. The Bertz CT molecular complexity index is 441. The minimum Gasteiger partial charge on any atom is -0.462 e. The summed E-state index contributed by atoms with van der Waals surface area (Å²) >= 11 is 0. The van der Waals surface area contributed by atoms with E-state index in [0.29, 0.717) is 18.6 Å². The second-order valence-electron chi connectivity index (χ2n) is 4.56. The third-order valence-corrected chi connectivity index (χ3v) is 2.79. The third-order valence-electron chi connectivity index (χ3n) is 2.79. The molecule has 0 radical (unpaired) electrons. The first-order chi connectivity index (χ1) is 9.04. The summed E-state index contributed by atoms with van der Waals surface area (Å²) in [7, 11) is 3.51. The van der Waals surface area contributed by atoms with Crippen LogP contribution in [0.2, 0.25) is 0 Å². The van der Waals surface area contributed by atoms with E-state index in [0.717, 1.165) is 18.4 Å². The van der Waals surface area contributed by atoms with Gasteiger partial charge in [0.2, 0.25) is 5.91 Å². The molecular formula is C15H21NO3. The summed E-state index contributed by atoms with van der Waals surface area (Å²) in [6.07, 6.45) is 2.09. The van der Waals surface area contributed by atoms with Gasteiger partial charge in [0.1, 0.15) is 0 Å². The van der Waals surface area contributed by atoms with Gasteiger partial charge in [-0.1, -0.05) is 12.1 Å². The second-order valence-corrected chi connectivity index (χ2v) is 4.56. The maximum absolute atomic E-state index is 11.6. The molecule has 0 atom stereocenters. The van der Waals surface area contributed by atoms with Gasteiger partial charge in [0.15, 0.2) is 0 Å². The molecule has 4 nitrogen and oxygen atoms in total. The summed E-state index contributed by atoms with van der Waals surface area (Å²) in [6.45, 7) is 2.16. The number of benzene rings is 1. The van der Waals surface area contributed by atoms with Gasteiger partial charge in [-0.2, -0.15) is 0 Å². The molecule has 0 heterocycles. The third kappa shape index (κ3) is 5.12. The number of carbonyl (C=O) groups is 2. The van der Waals surface area contributed by atoms with Gasteiger partial charge >= 0.3 is 5.97 Å². The van der Waals surface area contributed by atoms with Crippen LogP contribution < -0.4 is 0 Å². The molecule has 0 saturated heterocycles. The molecule has 1 rings (SSSR count). The minimum absolute atomic E-state index is 0.126. The van der Waals surface area contributed by atoms with Gasteiger partial charge in [-0.3, -0.25) is 4.79 Å². The SMILES string of the molecule is CCOC(=O)c1cccc(CCCC(=O)N(C)C)c1. The normalized spacial score (nSPS) is 10.1. The van der Waals surface area contributed by atoms with Crippen LogP contribution in [-0.4, -0.2) is 37.5 Å². The second kappa shape index (κ2) is 7.56. The highest BCUT2D eigenvalue weighted by Gasteiger charge is 2.07. The monoisotopic (exact) mass is 263 g/mol. The van der Waals surface area contributed by atoms with Crippen LogP contribution in [-0.2, 0) is 16.0 Å². The Kier molecular flexibility index (Phi) is 6.06. The summed E-state index contributed by atoms with van der Waals surface area (Å²) in [4.78, 5) is 24.6. The zero-order valence-corrected chi connectivity index (χ0v) is 11.8. The molecule has 0 aliphatic heterocycles. The van der Waals surface area contributed by atoms with Crippen molar-refractivity contribution in [1.29, 1.82) is 0 Å².